The molecule has 0 aromatic rings. The standard InChI is InChI=1S/C6H10F2N2O2/c7-5(8)3-1-10(6(11)12)2-4(3)9/h3-5H,1-2,9H2,(H,11,12). The summed E-state index contributed by atoms with van der Waals surface area (Å²) >= 11 is 0. The molecule has 0 saturated carbocycles. The van der Waals surface area contributed by atoms with Crippen molar-refractivity contribution in [3.63, 3.8) is 0 Å². The van der Waals surface area contributed by atoms with Gasteiger partial charge in [0.15, 0.2) is 0 Å². The van der Waals surface area contributed by atoms with E-state index in [4.69, 9.17) is 10.8 Å². The number of amides is 1. The van der Waals surface area contributed by atoms with E-state index in [-0.39, 0.29) is 13.1 Å². The van der Waals surface area contributed by atoms with Gasteiger partial charge in [-0.25, -0.2) is 13.6 Å². The third-order valence-electron chi connectivity index (χ3n) is 2.01. The monoisotopic (exact) mass is 180 g/mol. The Morgan fingerprint density at radius 3 is 2.42 bits per heavy atom. The maximum absolute atomic E-state index is 12.1. The van der Waals surface area contributed by atoms with E-state index in [1.165, 1.54) is 0 Å². The molecule has 1 saturated heterocycles. The Kier molecular flexibility index (Phi) is 2.46. The van der Waals surface area contributed by atoms with Gasteiger partial charge in [0.25, 0.3) is 0 Å². The van der Waals surface area contributed by atoms with Gasteiger partial charge in [0.1, 0.15) is 0 Å². The lowest BCUT2D eigenvalue weighted by Crippen LogP contribution is -2.33. The van der Waals surface area contributed by atoms with E-state index in [0.29, 0.717) is 0 Å². The molecule has 0 radical (unpaired) electrons. The number of nitrogens with two attached hydrogens (primary N) is 1. The first-order chi connectivity index (χ1) is 5.52. The van der Waals surface area contributed by atoms with E-state index in [9.17, 15) is 13.6 Å². The van der Waals surface area contributed by atoms with Crippen LogP contribution in [0.3, 0.4) is 0 Å². The van der Waals surface area contributed by atoms with Gasteiger partial charge in [0.2, 0.25) is 6.43 Å². The fourth-order valence-electron chi connectivity index (χ4n) is 1.28. The molecule has 1 heterocycles. The Balaban J connectivity index is 2.56. The van der Waals surface area contributed by atoms with Gasteiger partial charge in [0, 0.05) is 19.1 Å². The molecule has 1 amide bonds. The van der Waals surface area contributed by atoms with Crippen LogP contribution in [0, 0.1) is 5.92 Å². The normalized spacial score (nSPS) is 29.8. The quantitative estimate of drug-likeness (QED) is 0.605. The minimum Gasteiger partial charge on any atom is -0.465 e. The highest BCUT2D eigenvalue weighted by molar-refractivity contribution is 5.65. The summed E-state index contributed by atoms with van der Waals surface area (Å²) in [6.45, 7) is -0.154. The second-order valence-corrected chi connectivity index (χ2v) is 2.85. The summed E-state index contributed by atoms with van der Waals surface area (Å²) in [6, 6.07) is -0.735. The van der Waals surface area contributed by atoms with Crippen molar-refractivity contribution < 1.29 is 18.7 Å². The van der Waals surface area contributed by atoms with Crippen LogP contribution in [-0.4, -0.2) is 41.7 Å². The molecule has 0 spiro atoms. The molecule has 0 aromatic carbocycles. The van der Waals surface area contributed by atoms with Crippen molar-refractivity contribution in [1.82, 2.24) is 4.90 Å². The van der Waals surface area contributed by atoms with Crippen LogP contribution in [-0.2, 0) is 0 Å². The predicted octanol–water partition coefficient (Wildman–Crippen LogP) is 0.189. The molecule has 4 nitrogen and oxygen atoms in total. The smallest absolute Gasteiger partial charge is 0.407 e. The van der Waals surface area contributed by atoms with Crippen LogP contribution in [0.5, 0.6) is 0 Å². The maximum Gasteiger partial charge on any atom is 0.407 e. The zero-order valence-electron chi connectivity index (χ0n) is 6.28. The van der Waals surface area contributed by atoms with Gasteiger partial charge in [-0.1, -0.05) is 0 Å². The van der Waals surface area contributed by atoms with E-state index in [0.717, 1.165) is 4.90 Å². The Morgan fingerprint density at radius 2 is 2.17 bits per heavy atom. The van der Waals surface area contributed by atoms with E-state index in [1.807, 2.05) is 0 Å². The van der Waals surface area contributed by atoms with Crippen molar-refractivity contribution in [3.05, 3.63) is 0 Å². The summed E-state index contributed by atoms with van der Waals surface area (Å²) in [7, 11) is 0. The minimum absolute atomic E-state index is 0.00431. The minimum atomic E-state index is -2.54. The zero-order valence-corrected chi connectivity index (χ0v) is 6.28. The van der Waals surface area contributed by atoms with Crippen LogP contribution in [0.2, 0.25) is 0 Å². The molecule has 1 rings (SSSR count). The molecular formula is C6H10F2N2O2. The third-order valence-corrected chi connectivity index (χ3v) is 2.01. The van der Waals surface area contributed by atoms with Gasteiger partial charge in [-0.05, 0) is 0 Å². The Bertz CT molecular complexity index is 188. The fraction of sp³-hybridized carbons (Fsp3) is 0.833. The molecule has 1 fully saturated rings. The molecule has 0 aliphatic carbocycles. The number of alkyl halides is 2. The lowest BCUT2D eigenvalue weighted by molar-refractivity contribution is 0.0743. The topological polar surface area (TPSA) is 66.6 Å². The number of likely N-dealkylation sites (tertiary alicyclic amines) is 1. The van der Waals surface area contributed by atoms with Crippen LogP contribution in [0.1, 0.15) is 0 Å². The Morgan fingerprint density at radius 1 is 1.58 bits per heavy atom. The number of hydrogen-bond acceptors (Lipinski definition) is 2. The average Bonchev–Trinajstić information content (AvgIpc) is 2.30. The van der Waals surface area contributed by atoms with Crippen molar-refractivity contribution >= 4 is 6.09 Å². The summed E-state index contributed by atoms with van der Waals surface area (Å²) in [5, 5.41) is 8.46. The zero-order chi connectivity index (χ0) is 9.30. The molecule has 1 aliphatic heterocycles. The maximum atomic E-state index is 12.1. The van der Waals surface area contributed by atoms with Crippen molar-refractivity contribution in [2.75, 3.05) is 13.1 Å². The van der Waals surface area contributed by atoms with Gasteiger partial charge >= 0.3 is 6.09 Å². The number of halogens is 2. The Hall–Kier alpha value is -0.910. The van der Waals surface area contributed by atoms with Crippen LogP contribution in [0.4, 0.5) is 13.6 Å². The largest absolute Gasteiger partial charge is 0.465 e. The molecule has 0 bridgehead atoms. The van der Waals surface area contributed by atoms with Gasteiger partial charge in [0.05, 0.1) is 5.92 Å². The molecule has 0 aromatic heterocycles. The van der Waals surface area contributed by atoms with E-state index < -0.39 is 24.5 Å². The van der Waals surface area contributed by atoms with Crippen molar-refractivity contribution in [3.8, 4) is 0 Å². The first kappa shape index (κ1) is 9.18. The van der Waals surface area contributed by atoms with Crippen molar-refractivity contribution in [2.24, 2.45) is 11.7 Å². The van der Waals surface area contributed by atoms with Crippen molar-refractivity contribution in [1.29, 1.82) is 0 Å². The lowest BCUT2D eigenvalue weighted by Gasteiger charge is -2.11. The highest BCUT2D eigenvalue weighted by Crippen LogP contribution is 2.21. The second-order valence-electron chi connectivity index (χ2n) is 2.85. The summed E-state index contributed by atoms with van der Waals surface area (Å²) in [4.78, 5) is 11.3. The van der Waals surface area contributed by atoms with Gasteiger partial charge in [-0.15, -0.1) is 0 Å². The van der Waals surface area contributed by atoms with Gasteiger partial charge < -0.3 is 15.7 Å². The molecule has 2 unspecified atom stereocenters. The second kappa shape index (κ2) is 3.22. The van der Waals surface area contributed by atoms with E-state index in [2.05, 4.69) is 0 Å². The van der Waals surface area contributed by atoms with E-state index in [1.54, 1.807) is 0 Å². The summed E-state index contributed by atoms with van der Waals surface area (Å²) in [5.41, 5.74) is 5.32. The van der Waals surface area contributed by atoms with Crippen LogP contribution in [0.25, 0.3) is 0 Å². The number of hydrogen-bond donors (Lipinski definition) is 2. The first-order valence-electron chi connectivity index (χ1n) is 3.54. The summed E-state index contributed by atoms with van der Waals surface area (Å²) in [5.74, 6) is -1.01. The SMILES string of the molecule is NC1CN(C(=O)O)CC1C(F)F. The van der Waals surface area contributed by atoms with E-state index >= 15 is 0 Å². The molecule has 2 atom stereocenters. The molecular weight excluding hydrogens is 170 g/mol. The highest BCUT2D eigenvalue weighted by Gasteiger charge is 2.38. The highest BCUT2D eigenvalue weighted by atomic mass is 19.3. The molecule has 6 heteroatoms. The van der Waals surface area contributed by atoms with Gasteiger partial charge in [-0.2, -0.15) is 0 Å². The van der Waals surface area contributed by atoms with Crippen LogP contribution >= 0.6 is 0 Å². The fourth-order valence-corrected chi connectivity index (χ4v) is 1.28. The van der Waals surface area contributed by atoms with Crippen LogP contribution < -0.4 is 5.73 Å². The number of rotatable bonds is 1. The first-order valence-corrected chi connectivity index (χ1v) is 3.54. The summed E-state index contributed by atoms with van der Waals surface area (Å²) in [6.07, 6.45) is -3.72. The number of carboxylic acid groups (broad SMARTS) is 1. The molecule has 12 heavy (non-hydrogen) atoms. The molecule has 70 valence electrons. The lowest BCUT2D eigenvalue weighted by atomic mass is 10.1. The molecule has 1 aliphatic rings. The summed E-state index contributed by atoms with van der Waals surface area (Å²) < 4.78 is 24.3. The van der Waals surface area contributed by atoms with Crippen LogP contribution in [0.15, 0.2) is 0 Å². The number of nitrogens with zero attached hydrogens (tertiary/aromatic N) is 1. The Labute approximate surface area is 67.9 Å². The van der Waals surface area contributed by atoms with Crippen molar-refractivity contribution in [2.45, 2.75) is 12.5 Å². The average molecular weight is 180 g/mol. The molecule has 3 N–H and O–H groups in total. The number of carbonyl (C=O) groups is 1. The van der Waals surface area contributed by atoms with Gasteiger partial charge in [-0.3, -0.25) is 0 Å². The predicted molar refractivity (Wildman–Crippen MR) is 37.1 cm³/mol. The third kappa shape index (κ3) is 1.63.